The monoisotopic (exact) mass is 252 g/mol. The van der Waals surface area contributed by atoms with E-state index >= 15 is 0 Å². The van der Waals surface area contributed by atoms with Gasteiger partial charge in [-0.25, -0.2) is 4.98 Å². The largest absolute Gasteiger partial charge is 0.339 e. The summed E-state index contributed by atoms with van der Waals surface area (Å²) in [5, 5.41) is 7.01. The first kappa shape index (κ1) is 12.2. The normalized spacial score (nSPS) is 12.9. The number of aromatic nitrogens is 3. The van der Waals surface area contributed by atoms with E-state index in [9.17, 15) is 0 Å². The highest BCUT2D eigenvalue weighted by Crippen LogP contribution is 2.12. The molecule has 0 saturated carbocycles. The van der Waals surface area contributed by atoms with E-state index in [1.54, 1.807) is 11.3 Å². The molecule has 1 unspecified atom stereocenters. The summed E-state index contributed by atoms with van der Waals surface area (Å²) in [4.78, 5) is 8.68. The van der Waals surface area contributed by atoms with E-state index in [-0.39, 0.29) is 6.04 Å². The van der Waals surface area contributed by atoms with Crippen molar-refractivity contribution in [2.24, 2.45) is 5.73 Å². The van der Waals surface area contributed by atoms with Gasteiger partial charge in [-0.3, -0.25) is 0 Å². The minimum absolute atomic E-state index is 0.159. The topological polar surface area (TPSA) is 77.8 Å². The van der Waals surface area contributed by atoms with Gasteiger partial charge < -0.3 is 10.3 Å². The van der Waals surface area contributed by atoms with Crippen molar-refractivity contribution < 1.29 is 4.52 Å². The van der Waals surface area contributed by atoms with E-state index in [1.165, 1.54) is 0 Å². The zero-order valence-electron chi connectivity index (χ0n) is 10.0. The fraction of sp³-hybridized carbons (Fsp3) is 0.545. The van der Waals surface area contributed by atoms with Crippen LogP contribution in [0.4, 0.5) is 0 Å². The van der Waals surface area contributed by atoms with Crippen molar-refractivity contribution in [2.75, 3.05) is 0 Å². The van der Waals surface area contributed by atoms with Gasteiger partial charge in [-0.05, 0) is 20.3 Å². The molecule has 0 aliphatic heterocycles. The average Bonchev–Trinajstić information content (AvgIpc) is 2.86. The van der Waals surface area contributed by atoms with Gasteiger partial charge in [-0.2, -0.15) is 4.98 Å². The average molecular weight is 252 g/mol. The van der Waals surface area contributed by atoms with Crippen molar-refractivity contribution >= 4 is 11.3 Å². The maximum atomic E-state index is 5.67. The molecule has 2 aromatic rings. The third-order valence-electron chi connectivity index (χ3n) is 2.33. The van der Waals surface area contributed by atoms with Gasteiger partial charge in [-0.1, -0.05) is 5.16 Å². The second-order valence-electron chi connectivity index (χ2n) is 4.15. The van der Waals surface area contributed by atoms with Crippen LogP contribution in [-0.4, -0.2) is 21.2 Å². The van der Waals surface area contributed by atoms with Gasteiger partial charge >= 0.3 is 0 Å². The first-order chi connectivity index (χ1) is 8.13. The summed E-state index contributed by atoms with van der Waals surface area (Å²) in [7, 11) is 0. The maximum Gasteiger partial charge on any atom is 0.226 e. The lowest BCUT2D eigenvalue weighted by molar-refractivity contribution is 0.368. The van der Waals surface area contributed by atoms with Gasteiger partial charge in [0.25, 0.3) is 0 Å². The van der Waals surface area contributed by atoms with E-state index in [4.69, 9.17) is 10.3 Å². The van der Waals surface area contributed by atoms with Crippen LogP contribution in [0.1, 0.15) is 35.8 Å². The highest BCUT2D eigenvalue weighted by molar-refractivity contribution is 7.09. The lowest BCUT2D eigenvalue weighted by atomic mass is 10.2. The quantitative estimate of drug-likeness (QED) is 0.876. The molecule has 6 heteroatoms. The first-order valence-corrected chi connectivity index (χ1v) is 6.49. The Morgan fingerprint density at radius 3 is 2.94 bits per heavy atom. The molecule has 0 aliphatic carbocycles. The molecule has 0 aliphatic rings. The minimum atomic E-state index is 0.159. The Bertz CT molecular complexity index is 477. The summed E-state index contributed by atoms with van der Waals surface area (Å²) in [6.45, 7) is 3.95. The molecule has 2 N–H and O–H groups in total. The number of hydrogen-bond acceptors (Lipinski definition) is 6. The molecule has 92 valence electrons. The molecule has 0 fully saturated rings. The van der Waals surface area contributed by atoms with Crippen LogP contribution in [0.3, 0.4) is 0 Å². The van der Waals surface area contributed by atoms with E-state index in [1.807, 2.05) is 19.2 Å². The van der Waals surface area contributed by atoms with E-state index in [0.717, 1.165) is 23.5 Å². The molecule has 0 bridgehead atoms. The molecular formula is C11H16N4OS. The molecule has 2 heterocycles. The lowest BCUT2D eigenvalue weighted by Crippen LogP contribution is -2.15. The van der Waals surface area contributed by atoms with Crippen molar-refractivity contribution in [3.63, 3.8) is 0 Å². The molecule has 0 saturated heterocycles. The molecule has 17 heavy (non-hydrogen) atoms. The third-order valence-corrected chi connectivity index (χ3v) is 3.15. The Morgan fingerprint density at radius 2 is 2.29 bits per heavy atom. The smallest absolute Gasteiger partial charge is 0.226 e. The van der Waals surface area contributed by atoms with Crippen LogP contribution in [0.2, 0.25) is 0 Å². The highest BCUT2D eigenvalue weighted by atomic mass is 32.1. The Morgan fingerprint density at radius 1 is 1.47 bits per heavy atom. The molecule has 0 aromatic carbocycles. The molecule has 0 radical (unpaired) electrons. The lowest BCUT2D eigenvalue weighted by Gasteiger charge is -1.99. The van der Waals surface area contributed by atoms with Crippen molar-refractivity contribution in [3.8, 4) is 0 Å². The second-order valence-corrected chi connectivity index (χ2v) is 5.22. The van der Waals surface area contributed by atoms with Crippen LogP contribution in [0.15, 0.2) is 9.90 Å². The highest BCUT2D eigenvalue weighted by Gasteiger charge is 2.09. The second kappa shape index (κ2) is 5.37. The number of thiazole rings is 1. The molecule has 0 spiro atoms. The number of nitrogens with two attached hydrogens (primary N) is 1. The predicted octanol–water partition coefficient (Wildman–Crippen LogP) is 1.71. The van der Waals surface area contributed by atoms with Gasteiger partial charge in [-0.15, -0.1) is 11.3 Å². The van der Waals surface area contributed by atoms with Crippen LogP contribution in [0.25, 0.3) is 0 Å². The Balaban J connectivity index is 1.94. The van der Waals surface area contributed by atoms with Crippen LogP contribution in [0, 0.1) is 6.92 Å². The molecule has 2 aromatic heterocycles. The van der Waals surface area contributed by atoms with Crippen molar-refractivity contribution in [1.82, 2.24) is 15.1 Å². The molecule has 2 rings (SSSR count). The van der Waals surface area contributed by atoms with E-state index < -0.39 is 0 Å². The number of hydrogen-bond donors (Lipinski definition) is 1. The van der Waals surface area contributed by atoms with Gasteiger partial charge in [0, 0.05) is 17.8 Å². The summed E-state index contributed by atoms with van der Waals surface area (Å²) in [6, 6.07) is 0.159. The van der Waals surface area contributed by atoms with Crippen LogP contribution in [-0.2, 0) is 12.8 Å². The summed E-state index contributed by atoms with van der Waals surface area (Å²) in [6.07, 6.45) is 2.23. The van der Waals surface area contributed by atoms with Gasteiger partial charge in [0.2, 0.25) is 5.89 Å². The Labute approximate surface area is 104 Å². The Hall–Kier alpha value is -1.27. The van der Waals surface area contributed by atoms with Gasteiger partial charge in [0.1, 0.15) is 0 Å². The third kappa shape index (κ3) is 3.61. The van der Waals surface area contributed by atoms with Crippen LogP contribution in [0.5, 0.6) is 0 Å². The van der Waals surface area contributed by atoms with E-state index in [0.29, 0.717) is 18.1 Å². The first-order valence-electron chi connectivity index (χ1n) is 5.61. The molecule has 5 nitrogen and oxygen atoms in total. The van der Waals surface area contributed by atoms with Crippen LogP contribution < -0.4 is 5.73 Å². The van der Waals surface area contributed by atoms with Crippen molar-refractivity contribution in [3.05, 3.63) is 27.8 Å². The van der Waals surface area contributed by atoms with E-state index in [2.05, 4.69) is 15.1 Å². The zero-order valence-corrected chi connectivity index (χ0v) is 10.8. The number of aryl methyl sites for hydroxylation is 2. The zero-order chi connectivity index (χ0) is 12.3. The van der Waals surface area contributed by atoms with Gasteiger partial charge in [0.15, 0.2) is 5.82 Å². The van der Waals surface area contributed by atoms with Crippen LogP contribution >= 0.6 is 11.3 Å². The summed E-state index contributed by atoms with van der Waals surface area (Å²) in [5.74, 6) is 1.35. The number of rotatable bonds is 5. The maximum absolute atomic E-state index is 5.67. The van der Waals surface area contributed by atoms with Crippen molar-refractivity contribution in [2.45, 2.75) is 39.2 Å². The SMILES string of the molecule is Cc1nc(Cc2noc(CCC(C)N)n2)cs1. The summed E-state index contributed by atoms with van der Waals surface area (Å²) < 4.78 is 5.15. The Kier molecular flexibility index (Phi) is 3.86. The molecular weight excluding hydrogens is 236 g/mol. The standard InChI is InChI=1S/C11H16N4OS/c1-7(12)3-4-11-14-10(15-16-11)5-9-6-17-8(2)13-9/h6-7H,3-5,12H2,1-2H3. The summed E-state index contributed by atoms with van der Waals surface area (Å²) >= 11 is 1.63. The van der Waals surface area contributed by atoms with Crippen molar-refractivity contribution in [1.29, 1.82) is 0 Å². The summed E-state index contributed by atoms with van der Waals surface area (Å²) in [5.41, 5.74) is 6.67. The molecule has 0 amide bonds. The number of nitrogens with zero attached hydrogens (tertiary/aromatic N) is 3. The fourth-order valence-electron chi connectivity index (χ4n) is 1.47. The van der Waals surface area contributed by atoms with Gasteiger partial charge in [0.05, 0.1) is 17.1 Å². The molecule has 1 atom stereocenters. The minimum Gasteiger partial charge on any atom is -0.339 e. The fourth-order valence-corrected chi connectivity index (χ4v) is 2.08. The predicted molar refractivity (Wildman–Crippen MR) is 65.9 cm³/mol.